The molecule has 1 aromatic rings. The van der Waals surface area contributed by atoms with Crippen LogP contribution in [0.4, 0.5) is 0 Å². The van der Waals surface area contributed by atoms with E-state index in [-0.39, 0.29) is 0 Å². The predicted molar refractivity (Wildman–Crippen MR) is 54.5 cm³/mol. The highest BCUT2D eigenvalue weighted by molar-refractivity contribution is 5.09. The molecule has 0 amide bonds. The Bertz CT molecular complexity index is 233. The molecule has 0 fully saturated rings. The van der Waals surface area contributed by atoms with Crippen molar-refractivity contribution in [2.45, 2.75) is 39.5 Å². The lowest BCUT2D eigenvalue weighted by atomic mass is 9.87. The second kappa shape index (κ2) is 4.95. The molecule has 0 aliphatic carbocycles. The minimum Gasteiger partial charge on any atom is -0.245 e. The summed E-state index contributed by atoms with van der Waals surface area (Å²) in [5, 5.41) is 0. The molecule has 0 aliphatic heterocycles. The number of rotatable bonds is 4. The molecule has 2 atom stereocenters. The first-order valence-corrected chi connectivity index (χ1v) is 5.00. The molecule has 0 saturated carbocycles. The van der Waals surface area contributed by atoms with Gasteiger partial charge in [-0.25, -0.2) is 9.97 Å². The average Bonchev–Trinajstić information content (AvgIpc) is 2.18. The summed E-state index contributed by atoms with van der Waals surface area (Å²) in [4.78, 5) is 8.07. The van der Waals surface area contributed by atoms with Gasteiger partial charge in [0.05, 0.1) is 0 Å². The van der Waals surface area contributed by atoms with Gasteiger partial charge in [0.25, 0.3) is 0 Å². The fourth-order valence-electron chi connectivity index (χ4n) is 1.58. The van der Waals surface area contributed by atoms with Gasteiger partial charge in [-0.2, -0.15) is 0 Å². The van der Waals surface area contributed by atoms with E-state index in [1.807, 2.05) is 12.4 Å². The summed E-state index contributed by atoms with van der Waals surface area (Å²) in [6.07, 6.45) is 7.95. The Morgan fingerprint density at radius 3 is 2.38 bits per heavy atom. The third-order valence-electron chi connectivity index (χ3n) is 2.70. The molecule has 0 saturated heterocycles. The van der Waals surface area contributed by atoms with Crippen LogP contribution in [0.5, 0.6) is 0 Å². The summed E-state index contributed by atoms with van der Waals surface area (Å²) in [7, 11) is 0. The molecule has 2 nitrogen and oxygen atoms in total. The first kappa shape index (κ1) is 10.2. The van der Waals surface area contributed by atoms with Gasteiger partial charge in [-0.3, -0.25) is 0 Å². The highest BCUT2D eigenvalue weighted by Crippen LogP contribution is 2.25. The number of hydrogen-bond acceptors (Lipinski definition) is 2. The van der Waals surface area contributed by atoms with E-state index in [1.165, 1.54) is 18.4 Å². The molecule has 13 heavy (non-hydrogen) atoms. The normalized spacial score (nSPS) is 15.3. The summed E-state index contributed by atoms with van der Waals surface area (Å²) < 4.78 is 0. The molecule has 1 heterocycles. The molecule has 0 aromatic carbocycles. The third-order valence-corrected chi connectivity index (χ3v) is 2.70. The van der Waals surface area contributed by atoms with Crippen molar-refractivity contribution in [2.24, 2.45) is 5.92 Å². The first-order valence-electron chi connectivity index (χ1n) is 5.00. The predicted octanol–water partition coefficient (Wildman–Crippen LogP) is 3.02. The van der Waals surface area contributed by atoms with Crippen molar-refractivity contribution in [1.82, 2.24) is 9.97 Å². The van der Waals surface area contributed by atoms with E-state index < -0.39 is 0 Å². The molecular weight excluding hydrogens is 160 g/mol. The van der Waals surface area contributed by atoms with E-state index in [0.29, 0.717) is 5.92 Å². The monoisotopic (exact) mass is 178 g/mol. The average molecular weight is 178 g/mol. The van der Waals surface area contributed by atoms with Crippen molar-refractivity contribution in [1.29, 1.82) is 0 Å². The molecule has 0 radical (unpaired) electrons. The second-order valence-corrected chi connectivity index (χ2v) is 3.73. The van der Waals surface area contributed by atoms with Crippen molar-refractivity contribution >= 4 is 0 Å². The maximum absolute atomic E-state index is 4.04. The van der Waals surface area contributed by atoms with Crippen LogP contribution in [-0.2, 0) is 0 Å². The van der Waals surface area contributed by atoms with Crippen LogP contribution >= 0.6 is 0 Å². The lowest BCUT2D eigenvalue weighted by Gasteiger charge is -2.18. The van der Waals surface area contributed by atoms with Crippen LogP contribution in [0.15, 0.2) is 18.7 Å². The van der Waals surface area contributed by atoms with Gasteiger partial charge in [0, 0.05) is 12.4 Å². The Kier molecular flexibility index (Phi) is 3.87. The molecule has 2 heteroatoms. The lowest BCUT2D eigenvalue weighted by molar-refractivity contribution is 0.446. The molecule has 72 valence electrons. The van der Waals surface area contributed by atoms with Gasteiger partial charge < -0.3 is 0 Å². The highest BCUT2D eigenvalue weighted by Gasteiger charge is 2.13. The standard InChI is InChI=1S/C11H18N2/c1-4-5-9(2)10(3)11-6-12-8-13-7-11/h6-10H,4-5H2,1-3H3. The molecule has 0 bridgehead atoms. The molecule has 2 unspecified atom stereocenters. The summed E-state index contributed by atoms with van der Waals surface area (Å²) in [6, 6.07) is 0. The minimum atomic E-state index is 0.571. The summed E-state index contributed by atoms with van der Waals surface area (Å²) in [5.41, 5.74) is 1.25. The van der Waals surface area contributed by atoms with Crippen LogP contribution in [0.3, 0.4) is 0 Å². The van der Waals surface area contributed by atoms with Crippen molar-refractivity contribution in [3.63, 3.8) is 0 Å². The maximum atomic E-state index is 4.04. The Labute approximate surface area is 80.4 Å². The molecule has 0 aliphatic rings. The van der Waals surface area contributed by atoms with Crippen molar-refractivity contribution in [3.05, 3.63) is 24.3 Å². The van der Waals surface area contributed by atoms with Crippen LogP contribution in [-0.4, -0.2) is 9.97 Å². The Morgan fingerprint density at radius 2 is 1.85 bits per heavy atom. The van der Waals surface area contributed by atoms with Crippen LogP contribution in [0.2, 0.25) is 0 Å². The Morgan fingerprint density at radius 1 is 1.23 bits per heavy atom. The number of nitrogens with zero attached hydrogens (tertiary/aromatic N) is 2. The minimum absolute atomic E-state index is 0.571. The van der Waals surface area contributed by atoms with E-state index in [9.17, 15) is 0 Å². The van der Waals surface area contributed by atoms with E-state index >= 15 is 0 Å². The quantitative estimate of drug-likeness (QED) is 0.708. The van der Waals surface area contributed by atoms with Gasteiger partial charge in [0.1, 0.15) is 6.33 Å². The number of hydrogen-bond donors (Lipinski definition) is 0. The van der Waals surface area contributed by atoms with Gasteiger partial charge in [-0.05, 0) is 17.4 Å². The lowest BCUT2D eigenvalue weighted by Crippen LogP contribution is -2.06. The molecular formula is C11H18N2. The van der Waals surface area contributed by atoms with Crippen LogP contribution in [0.1, 0.15) is 45.1 Å². The molecule has 1 aromatic heterocycles. The van der Waals surface area contributed by atoms with Gasteiger partial charge in [0.15, 0.2) is 0 Å². The van der Waals surface area contributed by atoms with E-state index in [0.717, 1.165) is 5.92 Å². The van der Waals surface area contributed by atoms with Crippen LogP contribution in [0.25, 0.3) is 0 Å². The van der Waals surface area contributed by atoms with Gasteiger partial charge >= 0.3 is 0 Å². The fraction of sp³-hybridized carbons (Fsp3) is 0.636. The largest absolute Gasteiger partial charge is 0.245 e. The summed E-state index contributed by atoms with van der Waals surface area (Å²) in [6.45, 7) is 6.77. The van der Waals surface area contributed by atoms with Crippen molar-refractivity contribution in [2.75, 3.05) is 0 Å². The Balaban J connectivity index is 2.62. The second-order valence-electron chi connectivity index (χ2n) is 3.73. The van der Waals surface area contributed by atoms with Gasteiger partial charge in [-0.1, -0.05) is 33.6 Å². The fourth-order valence-corrected chi connectivity index (χ4v) is 1.58. The zero-order chi connectivity index (χ0) is 9.68. The zero-order valence-electron chi connectivity index (χ0n) is 8.70. The SMILES string of the molecule is CCCC(C)C(C)c1cncnc1. The Hall–Kier alpha value is -0.920. The highest BCUT2D eigenvalue weighted by atomic mass is 14.8. The zero-order valence-corrected chi connectivity index (χ0v) is 8.70. The number of aromatic nitrogens is 2. The van der Waals surface area contributed by atoms with E-state index in [1.54, 1.807) is 6.33 Å². The summed E-state index contributed by atoms with van der Waals surface area (Å²) in [5.74, 6) is 1.29. The topological polar surface area (TPSA) is 25.8 Å². The van der Waals surface area contributed by atoms with Crippen molar-refractivity contribution < 1.29 is 0 Å². The van der Waals surface area contributed by atoms with Crippen LogP contribution in [0, 0.1) is 5.92 Å². The van der Waals surface area contributed by atoms with E-state index in [4.69, 9.17) is 0 Å². The third kappa shape index (κ3) is 2.79. The maximum Gasteiger partial charge on any atom is 0.115 e. The van der Waals surface area contributed by atoms with Gasteiger partial charge in [0.2, 0.25) is 0 Å². The summed E-state index contributed by atoms with van der Waals surface area (Å²) >= 11 is 0. The molecule has 0 spiro atoms. The molecule has 0 N–H and O–H groups in total. The van der Waals surface area contributed by atoms with Crippen molar-refractivity contribution in [3.8, 4) is 0 Å². The van der Waals surface area contributed by atoms with Crippen LogP contribution < -0.4 is 0 Å². The van der Waals surface area contributed by atoms with Gasteiger partial charge in [-0.15, -0.1) is 0 Å². The smallest absolute Gasteiger partial charge is 0.115 e. The first-order chi connectivity index (χ1) is 6.25. The molecule has 1 rings (SSSR count). The van der Waals surface area contributed by atoms with E-state index in [2.05, 4.69) is 30.7 Å².